The molecule has 0 N–H and O–H groups in total. The Bertz CT molecular complexity index is 1520. The van der Waals surface area contributed by atoms with Crippen LogP contribution in [0.1, 0.15) is 21.5 Å². The molecule has 2 aliphatic rings. The van der Waals surface area contributed by atoms with Gasteiger partial charge in [-0.3, -0.25) is 9.59 Å². The zero-order chi connectivity index (χ0) is 28.2. The summed E-state index contributed by atoms with van der Waals surface area (Å²) in [5, 5.41) is 8.87. The van der Waals surface area contributed by atoms with Gasteiger partial charge in [0.05, 0.1) is 5.69 Å². The third-order valence-corrected chi connectivity index (χ3v) is 7.40. The molecule has 2 amide bonds. The maximum atomic E-state index is 13.5. The quantitative estimate of drug-likeness (QED) is 0.342. The monoisotopic (exact) mass is 549 g/mol. The minimum Gasteiger partial charge on any atom is -0.454 e. The van der Waals surface area contributed by atoms with E-state index >= 15 is 0 Å². The SMILES string of the molecule is Cc1ccc(-c2ccc(N3CCN(C(=O)CN(Cc4ccc5c(c4)OCO5)C(=O)c4ccccc4)CC3)nn2)cc1. The lowest BCUT2D eigenvalue weighted by molar-refractivity contribution is -0.132. The number of ether oxygens (including phenoxy) is 2. The van der Waals surface area contributed by atoms with E-state index in [1.807, 2.05) is 65.6 Å². The van der Waals surface area contributed by atoms with Crippen molar-refractivity contribution in [3.63, 3.8) is 0 Å². The van der Waals surface area contributed by atoms with Crippen molar-refractivity contribution in [3.8, 4) is 22.8 Å². The highest BCUT2D eigenvalue weighted by molar-refractivity contribution is 5.96. The fourth-order valence-electron chi connectivity index (χ4n) is 5.04. The fraction of sp³-hybridized carbons (Fsp3) is 0.250. The van der Waals surface area contributed by atoms with Crippen molar-refractivity contribution in [2.45, 2.75) is 13.5 Å². The van der Waals surface area contributed by atoms with Crippen LogP contribution in [0.5, 0.6) is 11.5 Å². The van der Waals surface area contributed by atoms with Crippen LogP contribution < -0.4 is 14.4 Å². The summed E-state index contributed by atoms with van der Waals surface area (Å²) < 4.78 is 10.9. The van der Waals surface area contributed by atoms with Gasteiger partial charge in [-0.15, -0.1) is 10.2 Å². The summed E-state index contributed by atoms with van der Waals surface area (Å²) in [5.41, 5.74) is 4.46. The van der Waals surface area contributed by atoms with Gasteiger partial charge in [-0.2, -0.15) is 0 Å². The van der Waals surface area contributed by atoms with E-state index in [1.165, 1.54) is 5.56 Å². The van der Waals surface area contributed by atoms with Gasteiger partial charge in [-0.25, -0.2) is 0 Å². The number of rotatable bonds is 7. The number of nitrogens with zero attached hydrogens (tertiary/aromatic N) is 5. The maximum Gasteiger partial charge on any atom is 0.254 e. The third-order valence-electron chi connectivity index (χ3n) is 7.40. The Morgan fingerprint density at radius 1 is 0.829 bits per heavy atom. The van der Waals surface area contributed by atoms with E-state index in [4.69, 9.17) is 9.47 Å². The van der Waals surface area contributed by atoms with Gasteiger partial charge in [0.15, 0.2) is 17.3 Å². The van der Waals surface area contributed by atoms with Gasteiger partial charge >= 0.3 is 0 Å². The van der Waals surface area contributed by atoms with E-state index in [2.05, 4.69) is 34.2 Å². The predicted octanol–water partition coefficient (Wildman–Crippen LogP) is 4.17. The Labute approximate surface area is 238 Å². The van der Waals surface area contributed by atoms with Gasteiger partial charge in [0.1, 0.15) is 6.54 Å². The zero-order valence-corrected chi connectivity index (χ0v) is 22.9. The molecule has 3 aromatic carbocycles. The first-order valence-electron chi connectivity index (χ1n) is 13.7. The molecule has 9 nitrogen and oxygen atoms in total. The number of piperazine rings is 1. The molecule has 0 spiro atoms. The van der Waals surface area contributed by atoms with Crippen molar-refractivity contribution >= 4 is 17.6 Å². The van der Waals surface area contributed by atoms with E-state index in [1.54, 1.807) is 17.0 Å². The van der Waals surface area contributed by atoms with Crippen molar-refractivity contribution < 1.29 is 19.1 Å². The molecule has 3 heterocycles. The number of carbonyl (C=O) groups is 2. The minimum absolute atomic E-state index is 0.0206. The molecule has 4 aromatic rings. The Kier molecular flexibility index (Phi) is 7.49. The Balaban J connectivity index is 1.10. The molecule has 1 aromatic heterocycles. The first-order valence-corrected chi connectivity index (χ1v) is 13.7. The summed E-state index contributed by atoms with van der Waals surface area (Å²) in [6.07, 6.45) is 0. The maximum absolute atomic E-state index is 13.5. The summed E-state index contributed by atoms with van der Waals surface area (Å²) in [6.45, 7) is 4.85. The molecule has 0 unspecified atom stereocenters. The smallest absolute Gasteiger partial charge is 0.254 e. The Morgan fingerprint density at radius 3 is 2.32 bits per heavy atom. The average Bonchev–Trinajstić information content (AvgIpc) is 3.49. The van der Waals surface area contributed by atoms with Crippen LogP contribution >= 0.6 is 0 Å². The molecule has 0 atom stereocenters. The number of benzene rings is 3. The predicted molar refractivity (Wildman–Crippen MR) is 155 cm³/mol. The summed E-state index contributed by atoms with van der Waals surface area (Å²) in [4.78, 5) is 32.4. The van der Waals surface area contributed by atoms with Gasteiger partial charge in [0.25, 0.3) is 5.91 Å². The molecule has 0 radical (unpaired) electrons. The normalized spacial score (nSPS) is 14.2. The molecule has 2 aliphatic heterocycles. The largest absolute Gasteiger partial charge is 0.454 e. The van der Waals surface area contributed by atoms with Gasteiger partial charge in [0.2, 0.25) is 12.7 Å². The van der Waals surface area contributed by atoms with Crippen LogP contribution in [-0.4, -0.2) is 71.3 Å². The van der Waals surface area contributed by atoms with Crippen molar-refractivity contribution in [1.82, 2.24) is 20.0 Å². The third kappa shape index (κ3) is 5.99. The fourth-order valence-corrected chi connectivity index (χ4v) is 5.04. The van der Waals surface area contributed by atoms with Gasteiger partial charge in [-0.05, 0) is 48.9 Å². The van der Waals surface area contributed by atoms with Crippen molar-refractivity contribution in [3.05, 3.63) is 102 Å². The van der Waals surface area contributed by atoms with E-state index < -0.39 is 0 Å². The first kappa shape index (κ1) is 26.3. The highest BCUT2D eigenvalue weighted by atomic mass is 16.7. The Hall–Kier alpha value is -4.92. The molecule has 1 saturated heterocycles. The first-order chi connectivity index (χ1) is 20.0. The van der Waals surface area contributed by atoms with Crippen LogP contribution in [0.25, 0.3) is 11.3 Å². The molecule has 41 heavy (non-hydrogen) atoms. The van der Waals surface area contributed by atoms with Gasteiger partial charge in [-0.1, -0.05) is 54.1 Å². The summed E-state index contributed by atoms with van der Waals surface area (Å²) in [6, 6.07) is 26.8. The number of hydrogen-bond acceptors (Lipinski definition) is 7. The van der Waals surface area contributed by atoms with E-state index in [9.17, 15) is 9.59 Å². The molecular formula is C32H31N5O4. The van der Waals surface area contributed by atoms with Gasteiger partial charge in [0, 0.05) is 43.9 Å². The van der Waals surface area contributed by atoms with Crippen LogP contribution in [0, 0.1) is 6.92 Å². The highest BCUT2D eigenvalue weighted by Gasteiger charge is 2.26. The van der Waals surface area contributed by atoms with Gasteiger partial charge < -0.3 is 24.2 Å². The zero-order valence-electron chi connectivity index (χ0n) is 22.9. The second-order valence-corrected chi connectivity index (χ2v) is 10.2. The van der Waals surface area contributed by atoms with Crippen LogP contribution in [0.2, 0.25) is 0 Å². The molecule has 6 rings (SSSR count). The second-order valence-electron chi connectivity index (χ2n) is 10.2. The average molecular weight is 550 g/mol. The summed E-state index contributed by atoms with van der Waals surface area (Å²) >= 11 is 0. The van der Waals surface area contributed by atoms with Crippen LogP contribution in [-0.2, 0) is 11.3 Å². The number of amides is 2. The molecule has 1 fully saturated rings. The lowest BCUT2D eigenvalue weighted by atomic mass is 10.1. The van der Waals surface area contributed by atoms with E-state index in [0.29, 0.717) is 43.2 Å². The number of aryl methyl sites for hydroxylation is 1. The minimum atomic E-state index is -0.195. The summed E-state index contributed by atoms with van der Waals surface area (Å²) in [7, 11) is 0. The topological polar surface area (TPSA) is 88.1 Å². The van der Waals surface area contributed by atoms with Crippen molar-refractivity contribution in [2.24, 2.45) is 0 Å². The molecule has 208 valence electrons. The standard InChI is InChI=1S/C32H31N5O4/c1-23-7-10-25(11-8-23)27-12-14-30(34-33-27)35-15-17-36(18-16-35)31(38)21-37(32(39)26-5-3-2-4-6-26)20-24-9-13-28-29(19-24)41-22-40-28/h2-14,19H,15-18,20-22H2,1H3. The number of aromatic nitrogens is 2. The lowest BCUT2D eigenvalue weighted by Crippen LogP contribution is -2.52. The Morgan fingerprint density at radius 2 is 1.59 bits per heavy atom. The lowest BCUT2D eigenvalue weighted by Gasteiger charge is -2.36. The molecule has 0 aliphatic carbocycles. The van der Waals surface area contributed by atoms with E-state index in [-0.39, 0.29) is 31.7 Å². The van der Waals surface area contributed by atoms with Crippen molar-refractivity contribution in [1.29, 1.82) is 0 Å². The van der Waals surface area contributed by atoms with E-state index in [0.717, 1.165) is 22.6 Å². The highest BCUT2D eigenvalue weighted by Crippen LogP contribution is 2.33. The second kappa shape index (κ2) is 11.7. The molecule has 0 bridgehead atoms. The van der Waals surface area contributed by atoms with Crippen LogP contribution in [0.4, 0.5) is 5.82 Å². The van der Waals surface area contributed by atoms with Crippen LogP contribution in [0.15, 0.2) is 84.9 Å². The summed E-state index contributed by atoms with van der Waals surface area (Å²) in [5.74, 6) is 1.83. The molecular weight excluding hydrogens is 518 g/mol. The number of anilines is 1. The molecule has 9 heteroatoms. The molecule has 0 saturated carbocycles. The van der Waals surface area contributed by atoms with Crippen molar-refractivity contribution in [2.75, 3.05) is 44.4 Å². The number of carbonyl (C=O) groups excluding carboxylic acids is 2. The number of fused-ring (bicyclic) bond motifs is 1. The number of hydrogen-bond donors (Lipinski definition) is 0. The van der Waals surface area contributed by atoms with Crippen LogP contribution in [0.3, 0.4) is 0 Å².